The van der Waals surface area contributed by atoms with Gasteiger partial charge >= 0.3 is 5.97 Å². The molecule has 0 saturated heterocycles. The minimum atomic E-state index is -0.975. The Hall–Kier alpha value is -1.71. The van der Waals surface area contributed by atoms with Crippen LogP contribution in [0.25, 0.3) is 0 Å². The van der Waals surface area contributed by atoms with Crippen LogP contribution in [0.3, 0.4) is 0 Å². The van der Waals surface area contributed by atoms with E-state index in [2.05, 4.69) is 4.98 Å². The van der Waals surface area contributed by atoms with Gasteiger partial charge in [0.15, 0.2) is 5.78 Å². The molecule has 1 N–H and O–H groups in total. The van der Waals surface area contributed by atoms with Gasteiger partial charge in [0.05, 0.1) is 6.42 Å². The van der Waals surface area contributed by atoms with Crippen molar-refractivity contribution in [3.8, 4) is 0 Å². The van der Waals surface area contributed by atoms with Crippen LogP contribution >= 0.6 is 0 Å². The lowest BCUT2D eigenvalue weighted by Crippen LogP contribution is -2.27. The predicted molar refractivity (Wildman–Crippen MR) is 54.6 cm³/mol. The summed E-state index contributed by atoms with van der Waals surface area (Å²) in [5, 5.41) is 8.68. The van der Waals surface area contributed by atoms with Gasteiger partial charge in [0.1, 0.15) is 0 Å². The van der Waals surface area contributed by atoms with E-state index in [1.54, 1.807) is 32.2 Å². The van der Waals surface area contributed by atoms with Crippen LogP contribution in [0.1, 0.15) is 30.6 Å². The first-order chi connectivity index (χ1) is 6.93. The fourth-order valence-corrected chi connectivity index (χ4v) is 1.35. The van der Waals surface area contributed by atoms with Gasteiger partial charge in [0.2, 0.25) is 0 Å². The molecule has 0 aromatic carbocycles. The average molecular weight is 207 g/mol. The molecule has 0 unspecified atom stereocenters. The summed E-state index contributed by atoms with van der Waals surface area (Å²) in [4.78, 5) is 26.3. The molecule has 0 amide bonds. The monoisotopic (exact) mass is 207 g/mol. The van der Waals surface area contributed by atoms with Gasteiger partial charge in [-0.1, -0.05) is 13.8 Å². The summed E-state index contributed by atoms with van der Waals surface area (Å²) < 4.78 is 0. The van der Waals surface area contributed by atoms with Crippen molar-refractivity contribution in [2.45, 2.75) is 20.3 Å². The van der Waals surface area contributed by atoms with Crippen molar-refractivity contribution in [3.05, 3.63) is 30.1 Å². The van der Waals surface area contributed by atoms with Crippen LogP contribution in [0.5, 0.6) is 0 Å². The van der Waals surface area contributed by atoms with E-state index in [0.717, 1.165) is 0 Å². The molecule has 0 bridgehead atoms. The summed E-state index contributed by atoms with van der Waals surface area (Å²) in [5.41, 5.74) is -0.446. The molecule has 0 spiro atoms. The highest BCUT2D eigenvalue weighted by Crippen LogP contribution is 2.25. The van der Waals surface area contributed by atoms with Crippen molar-refractivity contribution in [3.63, 3.8) is 0 Å². The van der Waals surface area contributed by atoms with Crippen molar-refractivity contribution >= 4 is 11.8 Å². The van der Waals surface area contributed by atoms with Crippen LogP contribution in [-0.2, 0) is 4.79 Å². The minimum absolute atomic E-state index is 0.180. The Morgan fingerprint density at radius 1 is 1.47 bits per heavy atom. The molecule has 0 aliphatic rings. The van der Waals surface area contributed by atoms with Crippen molar-refractivity contribution in [1.82, 2.24) is 4.98 Å². The number of hydrogen-bond acceptors (Lipinski definition) is 3. The first kappa shape index (κ1) is 11.4. The van der Waals surface area contributed by atoms with Crippen LogP contribution in [0.2, 0.25) is 0 Å². The van der Waals surface area contributed by atoms with E-state index in [1.807, 2.05) is 0 Å². The van der Waals surface area contributed by atoms with E-state index < -0.39 is 11.4 Å². The third-order valence-electron chi connectivity index (χ3n) is 2.13. The molecule has 4 heteroatoms. The van der Waals surface area contributed by atoms with Gasteiger partial charge in [-0.3, -0.25) is 14.6 Å². The Labute approximate surface area is 88.0 Å². The summed E-state index contributed by atoms with van der Waals surface area (Å²) in [6.07, 6.45) is 2.84. The molecule has 0 aliphatic carbocycles. The number of ketones is 1. The van der Waals surface area contributed by atoms with Crippen LogP contribution in [0.4, 0.5) is 0 Å². The molecule has 0 aliphatic heterocycles. The molecule has 80 valence electrons. The number of Topliss-reactive ketones (excluding diaryl/α,β-unsaturated/α-hetero) is 1. The second-order valence-electron chi connectivity index (χ2n) is 4.03. The number of pyridine rings is 1. The first-order valence-corrected chi connectivity index (χ1v) is 4.60. The maximum Gasteiger partial charge on any atom is 0.304 e. The van der Waals surface area contributed by atoms with Crippen LogP contribution < -0.4 is 0 Å². The quantitative estimate of drug-likeness (QED) is 0.764. The molecule has 0 fully saturated rings. The van der Waals surface area contributed by atoms with Crippen LogP contribution in [0, 0.1) is 5.41 Å². The molecule has 4 nitrogen and oxygen atoms in total. The Bertz CT molecular complexity index is 371. The number of carbonyl (C=O) groups excluding carboxylic acids is 1. The van der Waals surface area contributed by atoms with Gasteiger partial charge in [-0.2, -0.15) is 0 Å². The Balaban J connectivity index is 2.89. The number of carbonyl (C=O) groups is 2. The largest absolute Gasteiger partial charge is 0.481 e. The molecule has 1 aromatic rings. The molecular formula is C11H13NO3. The number of rotatable bonds is 4. The molecule has 0 saturated carbocycles. The molecule has 0 atom stereocenters. The third kappa shape index (κ3) is 2.87. The summed E-state index contributed by atoms with van der Waals surface area (Å²) >= 11 is 0. The number of aliphatic carboxylic acids is 1. The van der Waals surface area contributed by atoms with Crippen molar-refractivity contribution in [1.29, 1.82) is 0 Å². The zero-order chi connectivity index (χ0) is 11.5. The van der Waals surface area contributed by atoms with Gasteiger partial charge in [-0.05, 0) is 12.1 Å². The fourth-order valence-electron chi connectivity index (χ4n) is 1.35. The van der Waals surface area contributed by atoms with Crippen LogP contribution in [0.15, 0.2) is 24.5 Å². The van der Waals surface area contributed by atoms with E-state index >= 15 is 0 Å². The maximum absolute atomic E-state index is 11.9. The minimum Gasteiger partial charge on any atom is -0.481 e. The molecule has 1 rings (SSSR count). The first-order valence-electron chi connectivity index (χ1n) is 4.60. The summed E-state index contributed by atoms with van der Waals surface area (Å²) in [6, 6.07) is 3.29. The second-order valence-corrected chi connectivity index (χ2v) is 4.03. The number of nitrogens with zero attached hydrogens (tertiary/aromatic N) is 1. The lowest BCUT2D eigenvalue weighted by molar-refractivity contribution is -0.138. The molecular weight excluding hydrogens is 194 g/mol. The smallest absolute Gasteiger partial charge is 0.304 e. The summed E-state index contributed by atoms with van der Waals surface area (Å²) in [7, 11) is 0. The van der Waals surface area contributed by atoms with Gasteiger partial charge in [0.25, 0.3) is 0 Å². The highest BCUT2D eigenvalue weighted by Gasteiger charge is 2.31. The predicted octanol–water partition coefficient (Wildman–Crippen LogP) is 1.77. The van der Waals surface area contributed by atoms with Crippen molar-refractivity contribution < 1.29 is 14.7 Å². The van der Waals surface area contributed by atoms with E-state index in [4.69, 9.17) is 5.11 Å². The van der Waals surface area contributed by atoms with Gasteiger partial charge in [0, 0.05) is 23.4 Å². The van der Waals surface area contributed by atoms with E-state index in [1.165, 1.54) is 6.20 Å². The summed E-state index contributed by atoms with van der Waals surface area (Å²) in [5.74, 6) is -1.17. The number of carboxylic acid groups (broad SMARTS) is 1. The third-order valence-corrected chi connectivity index (χ3v) is 2.13. The lowest BCUT2D eigenvalue weighted by Gasteiger charge is -2.20. The van der Waals surface area contributed by atoms with Gasteiger partial charge in [-0.25, -0.2) is 0 Å². The van der Waals surface area contributed by atoms with Crippen molar-refractivity contribution in [2.75, 3.05) is 0 Å². The van der Waals surface area contributed by atoms with E-state index in [9.17, 15) is 9.59 Å². The zero-order valence-electron chi connectivity index (χ0n) is 8.73. The maximum atomic E-state index is 11.9. The molecule has 0 radical (unpaired) electrons. The lowest BCUT2D eigenvalue weighted by atomic mass is 9.82. The Morgan fingerprint density at radius 2 is 2.13 bits per heavy atom. The van der Waals surface area contributed by atoms with Crippen LogP contribution in [-0.4, -0.2) is 21.8 Å². The summed E-state index contributed by atoms with van der Waals surface area (Å²) in [6.45, 7) is 3.24. The SMILES string of the molecule is CC(C)(CC(=O)O)C(=O)c1cccnc1. The normalized spacial score (nSPS) is 11.1. The highest BCUT2D eigenvalue weighted by molar-refractivity contribution is 6.01. The topological polar surface area (TPSA) is 67.3 Å². The van der Waals surface area contributed by atoms with Gasteiger partial charge < -0.3 is 5.11 Å². The fraction of sp³-hybridized carbons (Fsp3) is 0.364. The Morgan fingerprint density at radius 3 is 2.60 bits per heavy atom. The number of hydrogen-bond donors (Lipinski definition) is 1. The second kappa shape index (κ2) is 4.21. The molecule has 1 aromatic heterocycles. The number of aromatic nitrogens is 1. The Kier molecular flexibility index (Phi) is 3.19. The standard InChI is InChI=1S/C11H13NO3/c1-11(2,6-9(13)14)10(15)8-4-3-5-12-7-8/h3-5,7H,6H2,1-2H3,(H,13,14). The molecule has 1 heterocycles. The van der Waals surface area contributed by atoms with E-state index in [-0.39, 0.29) is 12.2 Å². The molecule has 15 heavy (non-hydrogen) atoms. The highest BCUT2D eigenvalue weighted by atomic mass is 16.4. The number of carboxylic acids is 1. The van der Waals surface area contributed by atoms with E-state index in [0.29, 0.717) is 5.56 Å². The van der Waals surface area contributed by atoms with Crippen molar-refractivity contribution in [2.24, 2.45) is 5.41 Å². The zero-order valence-corrected chi connectivity index (χ0v) is 8.73. The van der Waals surface area contributed by atoms with Gasteiger partial charge in [-0.15, -0.1) is 0 Å². The average Bonchev–Trinajstić information content (AvgIpc) is 2.16.